The molecule has 1 aromatic carbocycles. The van der Waals surface area contributed by atoms with E-state index in [-0.39, 0.29) is 11.7 Å². The summed E-state index contributed by atoms with van der Waals surface area (Å²) in [7, 11) is 1.75. The van der Waals surface area contributed by atoms with Crippen LogP contribution >= 0.6 is 0 Å². The number of benzene rings is 1. The molecular formula is C17H21FN4O. The first-order valence-electron chi connectivity index (χ1n) is 7.66. The number of amides is 1. The van der Waals surface area contributed by atoms with Crippen LogP contribution in [0.2, 0.25) is 0 Å². The predicted octanol–water partition coefficient (Wildman–Crippen LogP) is 3.10. The minimum atomic E-state index is -0.266. The summed E-state index contributed by atoms with van der Waals surface area (Å²) in [6, 6.07) is 6.54. The van der Waals surface area contributed by atoms with Gasteiger partial charge in [0.05, 0.1) is 12.4 Å². The number of anilines is 1. The Morgan fingerprint density at radius 1 is 1.26 bits per heavy atom. The van der Waals surface area contributed by atoms with E-state index in [1.807, 2.05) is 0 Å². The molecule has 1 amide bonds. The standard InChI is InChI=1S/C17H21FN4O/c1-3-4-9-22(2)17(23)15-11-21-16(12-19-15)20-10-13-7-5-6-8-14(13)18/h5-8,11-12H,3-4,9-10H2,1-2H3,(H,20,21). The number of carbonyl (C=O) groups excluding carboxylic acids is 1. The highest BCUT2D eigenvalue weighted by Gasteiger charge is 2.13. The number of aromatic nitrogens is 2. The lowest BCUT2D eigenvalue weighted by Gasteiger charge is -2.16. The molecule has 0 aliphatic heterocycles. The van der Waals surface area contributed by atoms with Gasteiger partial charge in [0.1, 0.15) is 17.3 Å². The molecule has 1 heterocycles. The predicted molar refractivity (Wildman–Crippen MR) is 87.6 cm³/mol. The fourth-order valence-electron chi connectivity index (χ4n) is 2.05. The summed E-state index contributed by atoms with van der Waals surface area (Å²) in [5.41, 5.74) is 0.855. The van der Waals surface area contributed by atoms with Crippen molar-refractivity contribution in [2.75, 3.05) is 18.9 Å². The minimum Gasteiger partial charge on any atom is -0.365 e. The van der Waals surface area contributed by atoms with Crippen LogP contribution in [0.1, 0.15) is 35.8 Å². The van der Waals surface area contributed by atoms with E-state index in [0.29, 0.717) is 30.2 Å². The van der Waals surface area contributed by atoms with Crippen molar-refractivity contribution < 1.29 is 9.18 Å². The highest BCUT2D eigenvalue weighted by molar-refractivity contribution is 5.91. The number of rotatable bonds is 7. The van der Waals surface area contributed by atoms with E-state index >= 15 is 0 Å². The Kier molecular flexibility index (Phi) is 6.02. The number of halogens is 1. The molecule has 0 bridgehead atoms. The molecule has 2 aromatic rings. The molecule has 0 aliphatic rings. The van der Waals surface area contributed by atoms with Crippen molar-refractivity contribution in [3.8, 4) is 0 Å². The molecule has 0 radical (unpaired) electrons. The molecule has 0 aliphatic carbocycles. The quantitative estimate of drug-likeness (QED) is 0.853. The average Bonchev–Trinajstić information content (AvgIpc) is 2.59. The summed E-state index contributed by atoms with van der Waals surface area (Å²) in [5, 5.41) is 2.99. The molecule has 2 rings (SSSR count). The molecule has 0 fully saturated rings. The van der Waals surface area contributed by atoms with Gasteiger partial charge in [0.15, 0.2) is 0 Å². The maximum Gasteiger partial charge on any atom is 0.273 e. The fourth-order valence-corrected chi connectivity index (χ4v) is 2.05. The largest absolute Gasteiger partial charge is 0.365 e. The van der Waals surface area contributed by atoms with Gasteiger partial charge in [0, 0.05) is 25.7 Å². The molecular weight excluding hydrogens is 295 g/mol. The molecule has 5 nitrogen and oxygen atoms in total. The smallest absolute Gasteiger partial charge is 0.273 e. The third kappa shape index (κ3) is 4.74. The zero-order valence-electron chi connectivity index (χ0n) is 13.4. The van der Waals surface area contributed by atoms with Gasteiger partial charge in [-0.25, -0.2) is 14.4 Å². The zero-order chi connectivity index (χ0) is 16.7. The number of hydrogen-bond donors (Lipinski definition) is 1. The van der Waals surface area contributed by atoms with Gasteiger partial charge in [0.2, 0.25) is 0 Å². The van der Waals surface area contributed by atoms with Crippen molar-refractivity contribution in [2.24, 2.45) is 0 Å². The Morgan fingerprint density at radius 3 is 2.70 bits per heavy atom. The number of unbranched alkanes of at least 4 members (excludes halogenated alkanes) is 1. The van der Waals surface area contributed by atoms with Crippen LogP contribution in [-0.4, -0.2) is 34.4 Å². The summed E-state index contributed by atoms with van der Waals surface area (Å²) in [6.07, 6.45) is 4.91. The minimum absolute atomic E-state index is 0.147. The van der Waals surface area contributed by atoms with Gasteiger partial charge in [-0.3, -0.25) is 4.79 Å². The summed E-state index contributed by atoms with van der Waals surface area (Å²) in [6.45, 7) is 3.09. The van der Waals surface area contributed by atoms with E-state index in [1.165, 1.54) is 18.5 Å². The monoisotopic (exact) mass is 316 g/mol. The lowest BCUT2D eigenvalue weighted by atomic mass is 10.2. The Bertz CT molecular complexity index is 645. The van der Waals surface area contributed by atoms with Crippen LogP contribution in [0.3, 0.4) is 0 Å². The second-order valence-corrected chi connectivity index (χ2v) is 5.31. The summed E-state index contributed by atoms with van der Waals surface area (Å²) in [5.74, 6) is 0.0879. The van der Waals surface area contributed by atoms with Crippen LogP contribution in [0.15, 0.2) is 36.7 Å². The molecule has 0 atom stereocenters. The zero-order valence-corrected chi connectivity index (χ0v) is 13.4. The van der Waals surface area contributed by atoms with Crippen molar-refractivity contribution in [1.29, 1.82) is 0 Å². The van der Waals surface area contributed by atoms with E-state index < -0.39 is 0 Å². The van der Waals surface area contributed by atoms with Crippen LogP contribution in [-0.2, 0) is 6.54 Å². The molecule has 0 saturated heterocycles. The Hall–Kier alpha value is -2.50. The van der Waals surface area contributed by atoms with E-state index in [2.05, 4.69) is 22.2 Å². The average molecular weight is 316 g/mol. The molecule has 1 aromatic heterocycles. The van der Waals surface area contributed by atoms with Crippen LogP contribution in [0.4, 0.5) is 10.2 Å². The lowest BCUT2D eigenvalue weighted by molar-refractivity contribution is 0.0787. The number of carbonyl (C=O) groups is 1. The van der Waals surface area contributed by atoms with Gasteiger partial charge >= 0.3 is 0 Å². The van der Waals surface area contributed by atoms with Crippen molar-refractivity contribution in [1.82, 2.24) is 14.9 Å². The van der Waals surface area contributed by atoms with Crippen molar-refractivity contribution in [3.63, 3.8) is 0 Å². The van der Waals surface area contributed by atoms with E-state index in [4.69, 9.17) is 0 Å². The van der Waals surface area contributed by atoms with E-state index in [0.717, 1.165) is 12.8 Å². The van der Waals surface area contributed by atoms with Gasteiger partial charge in [-0.05, 0) is 12.5 Å². The van der Waals surface area contributed by atoms with Crippen LogP contribution in [0.25, 0.3) is 0 Å². The molecule has 0 unspecified atom stereocenters. The van der Waals surface area contributed by atoms with Crippen LogP contribution < -0.4 is 5.32 Å². The van der Waals surface area contributed by atoms with Gasteiger partial charge in [-0.2, -0.15) is 0 Å². The third-order valence-corrected chi connectivity index (χ3v) is 3.48. The lowest BCUT2D eigenvalue weighted by Crippen LogP contribution is -2.28. The maximum absolute atomic E-state index is 13.5. The number of nitrogens with one attached hydrogen (secondary N) is 1. The van der Waals surface area contributed by atoms with E-state index in [9.17, 15) is 9.18 Å². The highest BCUT2D eigenvalue weighted by atomic mass is 19.1. The SMILES string of the molecule is CCCCN(C)C(=O)c1cnc(NCc2ccccc2F)cn1. The normalized spacial score (nSPS) is 10.4. The second-order valence-electron chi connectivity index (χ2n) is 5.31. The summed E-state index contributed by atoms with van der Waals surface area (Å²) >= 11 is 0. The molecule has 6 heteroatoms. The van der Waals surface area contributed by atoms with Gasteiger partial charge < -0.3 is 10.2 Å². The summed E-state index contributed by atoms with van der Waals surface area (Å²) < 4.78 is 13.5. The Morgan fingerprint density at radius 2 is 2.04 bits per heavy atom. The highest BCUT2D eigenvalue weighted by Crippen LogP contribution is 2.10. The van der Waals surface area contributed by atoms with E-state index in [1.54, 1.807) is 30.1 Å². The first kappa shape index (κ1) is 16.9. The van der Waals surface area contributed by atoms with Gasteiger partial charge in [0.25, 0.3) is 5.91 Å². The van der Waals surface area contributed by atoms with Crippen LogP contribution in [0, 0.1) is 5.82 Å². The molecule has 0 spiro atoms. The number of nitrogens with zero attached hydrogens (tertiary/aromatic N) is 3. The van der Waals surface area contributed by atoms with Crippen molar-refractivity contribution >= 4 is 11.7 Å². The maximum atomic E-state index is 13.5. The molecule has 0 saturated carbocycles. The summed E-state index contributed by atoms with van der Waals surface area (Å²) in [4.78, 5) is 22.1. The third-order valence-electron chi connectivity index (χ3n) is 3.48. The molecule has 1 N–H and O–H groups in total. The first-order chi connectivity index (χ1) is 11.1. The molecule has 122 valence electrons. The van der Waals surface area contributed by atoms with Crippen LogP contribution in [0.5, 0.6) is 0 Å². The first-order valence-corrected chi connectivity index (χ1v) is 7.66. The molecule has 23 heavy (non-hydrogen) atoms. The van der Waals surface area contributed by atoms with Crippen molar-refractivity contribution in [2.45, 2.75) is 26.3 Å². The Labute approximate surface area is 135 Å². The topological polar surface area (TPSA) is 58.1 Å². The number of hydrogen-bond acceptors (Lipinski definition) is 4. The van der Waals surface area contributed by atoms with Gasteiger partial charge in [-0.15, -0.1) is 0 Å². The van der Waals surface area contributed by atoms with Gasteiger partial charge in [-0.1, -0.05) is 31.5 Å². The fraction of sp³-hybridized carbons (Fsp3) is 0.353. The Balaban J connectivity index is 1.94. The second kappa shape index (κ2) is 8.22. The van der Waals surface area contributed by atoms with Crippen molar-refractivity contribution in [3.05, 3.63) is 53.7 Å².